The summed E-state index contributed by atoms with van der Waals surface area (Å²) < 4.78 is 16.8. The van der Waals surface area contributed by atoms with E-state index in [1.54, 1.807) is 39.8 Å². The number of rotatable bonds is 7. The molecule has 1 aliphatic rings. The quantitative estimate of drug-likeness (QED) is 0.223. The van der Waals surface area contributed by atoms with Crippen molar-refractivity contribution in [2.75, 3.05) is 44.6 Å². The highest BCUT2D eigenvalue weighted by Crippen LogP contribution is 2.45. The van der Waals surface area contributed by atoms with Gasteiger partial charge in [0.1, 0.15) is 17.9 Å². The van der Waals surface area contributed by atoms with Crippen molar-refractivity contribution in [2.24, 2.45) is 0 Å². The molecule has 0 aliphatic carbocycles. The van der Waals surface area contributed by atoms with Gasteiger partial charge in [-0.25, -0.2) is 9.97 Å². The number of carbonyl (C=O) groups excluding carboxylic acids is 1. The lowest BCUT2D eigenvalue weighted by molar-refractivity contribution is 0.102. The highest BCUT2D eigenvalue weighted by Gasteiger charge is 2.30. The second-order valence-electron chi connectivity index (χ2n) is 10.3. The van der Waals surface area contributed by atoms with Crippen molar-refractivity contribution in [2.45, 2.75) is 12.3 Å². The van der Waals surface area contributed by atoms with Gasteiger partial charge in [-0.15, -0.1) is 0 Å². The van der Waals surface area contributed by atoms with Gasteiger partial charge in [0.15, 0.2) is 11.5 Å². The number of halogens is 1. The van der Waals surface area contributed by atoms with E-state index >= 15 is 0 Å². The van der Waals surface area contributed by atoms with Gasteiger partial charge in [0.05, 0.1) is 31.9 Å². The first kappa shape index (κ1) is 28.3. The molecular weight excluding hydrogens is 564 g/mol. The lowest BCUT2D eigenvalue weighted by Gasteiger charge is -2.27. The van der Waals surface area contributed by atoms with Crippen LogP contribution < -0.4 is 24.4 Å². The van der Waals surface area contributed by atoms with Crippen molar-refractivity contribution in [3.63, 3.8) is 0 Å². The summed E-state index contributed by atoms with van der Waals surface area (Å²) in [5.41, 5.74) is 5.22. The van der Waals surface area contributed by atoms with Crippen LogP contribution in [0.3, 0.4) is 0 Å². The van der Waals surface area contributed by atoms with Crippen LogP contribution in [0.2, 0.25) is 5.02 Å². The molecule has 1 N–H and O–H groups in total. The fraction of sp³-hybridized carbons (Fsp3) is 0.206. The Morgan fingerprint density at radius 3 is 2.44 bits per heavy atom. The molecule has 0 saturated carbocycles. The van der Waals surface area contributed by atoms with Gasteiger partial charge in [-0.05, 0) is 71.6 Å². The van der Waals surface area contributed by atoms with Gasteiger partial charge < -0.3 is 24.4 Å². The molecule has 1 unspecified atom stereocenters. The van der Waals surface area contributed by atoms with Crippen LogP contribution in [-0.4, -0.2) is 50.3 Å². The zero-order valence-corrected chi connectivity index (χ0v) is 24.9. The molecule has 6 rings (SSSR count). The Kier molecular flexibility index (Phi) is 8.03. The van der Waals surface area contributed by atoms with Gasteiger partial charge in [-0.2, -0.15) is 0 Å². The number of nitrogens with zero attached hydrogens (tertiary/aromatic N) is 3. The normalized spacial score (nSPS) is 14.5. The predicted molar refractivity (Wildman–Crippen MR) is 169 cm³/mol. The van der Waals surface area contributed by atoms with E-state index in [9.17, 15) is 4.79 Å². The van der Waals surface area contributed by atoms with E-state index in [1.165, 1.54) is 0 Å². The lowest BCUT2D eigenvalue weighted by atomic mass is 9.87. The second-order valence-corrected chi connectivity index (χ2v) is 10.6. The molecular formula is C34H31ClN4O4. The van der Waals surface area contributed by atoms with Crippen molar-refractivity contribution in [1.82, 2.24) is 9.97 Å². The number of methoxy groups -OCH3 is 3. The number of hydrogen-bond acceptors (Lipinski definition) is 7. The highest BCUT2D eigenvalue weighted by molar-refractivity contribution is 6.33. The molecule has 4 aromatic carbocycles. The van der Waals surface area contributed by atoms with Crippen LogP contribution in [0, 0.1) is 0 Å². The summed E-state index contributed by atoms with van der Waals surface area (Å²) in [4.78, 5) is 24.4. The number of ether oxygens (including phenoxy) is 3. The Morgan fingerprint density at radius 1 is 0.930 bits per heavy atom. The average Bonchev–Trinajstić information content (AvgIpc) is 3.25. The summed E-state index contributed by atoms with van der Waals surface area (Å²) in [7, 11) is 4.87. The minimum atomic E-state index is -0.180. The van der Waals surface area contributed by atoms with Gasteiger partial charge in [-0.3, -0.25) is 4.79 Å². The van der Waals surface area contributed by atoms with E-state index in [4.69, 9.17) is 30.8 Å². The zero-order chi connectivity index (χ0) is 29.9. The number of benzene rings is 4. The first-order valence-electron chi connectivity index (χ1n) is 13.9. The van der Waals surface area contributed by atoms with Crippen molar-refractivity contribution in [3.05, 3.63) is 112 Å². The van der Waals surface area contributed by atoms with E-state index < -0.39 is 0 Å². The minimum absolute atomic E-state index is 0.0632. The first-order valence-corrected chi connectivity index (χ1v) is 14.3. The van der Waals surface area contributed by atoms with Crippen LogP contribution in [0.25, 0.3) is 10.9 Å². The molecule has 0 radical (unpaired) electrons. The summed E-state index contributed by atoms with van der Waals surface area (Å²) in [6.07, 6.45) is 2.25. The number of amides is 1. The first-order chi connectivity index (χ1) is 21.0. The number of hydrogen-bond donors (Lipinski definition) is 1. The molecule has 1 atom stereocenters. The Bertz CT molecular complexity index is 1780. The van der Waals surface area contributed by atoms with E-state index in [0.717, 1.165) is 39.2 Å². The molecule has 0 bridgehead atoms. The fourth-order valence-corrected chi connectivity index (χ4v) is 6.08. The van der Waals surface area contributed by atoms with Crippen molar-refractivity contribution in [3.8, 4) is 17.2 Å². The summed E-state index contributed by atoms with van der Waals surface area (Å²) in [5, 5.41) is 4.41. The Morgan fingerprint density at radius 2 is 1.72 bits per heavy atom. The highest BCUT2D eigenvalue weighted by atomic mass is 35.5. The number of aromatic nitrogens is 2. The molecule has 218 valence electrons. The van der Waals surface area contributed by atoms with Gasteiger partial charge in [0.2, 0.25) is 0 Å². The molecule has 0 saturated heterocycles. The molecule has 1 amide bonds. The standard InChI is InChI=1S/C34H31ClN4O4/c1-41-24-12-9-21(10-13-24)28-19-39(16-15-25-26(28)18-30(42-2)32(43-3)31(25)35)33-27-17-23(11-14-29(27)36-20-37-33)38-34(40)22-7-5-4-6-8-22/h4-14,17-18,20,28H,15-16,19H2,1-3H3,(H,38,40). The number of anilines is 2. The third-order valence-corrected chi connectivity index (χ3v) is 8.28. The van der Waals surface area contributed by atoms with Crippen LogP contribution in [0.4, 0.5) is 11.5 Å². The molecule has 2 heterocycles. The van der Waals surface area contributed by atoms with Crippen LogP contribution in [-0.2, 0) is 6.42 Å². The van der Waals surface area contributed by atoms with Crippen LogP contribution in [0.15, 0.2) is 85.2 Å². The van der Waals surface area contributed by atoms with Crippen LogP contribution in [0.1, 0.15) is 33.0 Å². The molecule has 8 nitrogen and oxygen atoms in total. The van der Waals surface area contributed by atoms with Crippen LogP contribution in [0.5, 0.6) is 17.2 Å². The molecule has 43 heavy (non-hydrogen) atoms. The molecule has 5 aromatic rings. The molecule has 0 spiro atoms. The van der Waals surface area contributed by atoms with Crippen molar-refractivity contribution in [1.29, 1.82) is 0 Å². The maximum atomic E-state index is 12.9. The van der Waals surface area contributed by atoms with E-state index in [0.29, 0.717) is 47.3 Å². The average molecular weight is 595 g/mol. The Hall–Kier alpha value is -4.82. The van der Waals surface area contributed by atoms with E-state index in [2.05, 4.69) is 27.3 Å². The number of fused-ring (bicyclic) bond motifs is 2. The molecule has 0 fully saturated rings. The monoisotopic (exact) mass is 594 g/mol. The Labute approximate surface area is 255 Å². The van der Waals surface area contributed by atoms with Gasteiger partial charge in [-0.1, -0.05) is 41.9 Å². The van der Waals surface area contributed by atoms with Crippen molar-refractivity contribution >= 4 is 39.9 Å². The predicted octanol–water partition coefficient (Wildman–Crippen LogP) is 6.76. The maximum Gasteiger partial charge on any atom is 0.255 e. The third-order valence-electron chi connectivity index (χ3n) is 7.88. The van der Waals surface area contributed by atoms with E-state index in [-0.39, 0.29) is 11.8 Å². The SMILES string of the molecule is COc1ccc(C2CN(c3ncnc4ccc(NC(=O)c5ccccc5)cc34)CCc3c2cc(OC)c(OC)c3Cl)cc1. The van der Waals surface area contributed by atoms with Crippen molar-refractivity contribution < 1.29 is 19.0 Å². The van der Waals surface area contributed by atoms with Gasteiger partial charge in [0, 0.05) is 35.6 Å². The van der Waals surface area contributed by atoms with Gasteiger partial charge in [0.25, 0.3) is 5.91 Å². The summed E-state index contributed by atoms with van der Waals surface area (Å²) in [6.45, 7) is 1.28. The molecule has 1 aromatic heterocycles. The lowest BCUT2D eigenvalue weighted by Crippen LogP contribution is -2.29. The maximum absolute atomic E-state index is 12.9. The molecule has 9 heteroatoms. The minimum Gasteiger partial charge on any atom is -0.497 e. The number of carbonyl (C=O) groups is 1. The fourth-order valence-electron chi connectivity index (χ4n) is 5.71. The Balaban J connectivity index is 1.42. The summed E-state index contributed by atoms with van der Waals surface area (Å²) >= 11 is 6.98. The largest absolute Gasteiger partial charge is 0.497 e. The number of nitrogens with one attached hydrogen (secondary N) is 1. The molecule has 1 aliphatic heterocycles. The second kappa shape index (κ2) is 12.2. The zero-order valence-electron chi connectivity index (χ0n) is 24.1. The summed E-state index contributed by atoms with van der Waals surface area (Å²) in [5.74, 6) is 2.43. The topological polar surface area (TPSA) is 85.8 Å². The van der Waals surface area contributed by atoms with Gasteiger partial charge >= 0.3 is 0 Å². The van der Waals surface area contributed by atoms with Crippen LogP contribution >= 0.6 is 11.6 Å². The smallest absolute Gasteiger partial charge is 0.255 e. The summed E-state index contributed by atoms with van der Waals surface area (Å²) in [6, 6.07) is 25.0. The third kappa shape index (κ3) is 5.53. The van der Waals surface area contributed by atoms with E-state index in [1.807, 2.05) is 54.6 Å².